The molecule has 0 fully saturated rings. The van der Waals surface area contributed by atoms with Gasteiger partial charge in [-0.2, -0.15) is 0 Å². The van der Waals surface area contributed by atoms with Gasteiger partial charge in [-0.05, 0) is 68.3 Å². The number of methoxy groups -OCH3 is 2. The molecule has 5 rings (SSSR count). The summed E-state index contributed by atoms with van der Waals surface area (Å²) in [6, 6.07) is 22.0. The van der Waals surface area contributed by atoms with Crippen LogP contribution < -0.4 is 14.8 Å². The minimum atomic E-state index is 0.639. The second kappa shape index (κ2) is 9.39. The summed E-state index contributed by atoms with van der Waals surface area (Å²) in [6.07, 6.45) is 0. The number of ether oxygens (including phenoxy) is 2. The van der Waals surface area contributed by atoms with Crippen molar-refractivity contribution in [2.24, 2.45) is 4.99 Å². The Balaban J connectivity index is 1.66. The molecule has 0 unspecified atom stereocenters. The summed E-state index contributed by atoms with van der Waals surface area (Å²) in [6.45, 7) is 6.34. The van der Waals surface area contributed by atoms with Crippen LogP contribution in [-0.4, -0.2) is 19.2 Å². The predicted molar refractivity (Wildman–Crippen MR) is 142 cm³/mol. The predicted octanol–water partition coefficient (Wildman–Crippen LogP) is 7.40. The van der Waals surface area contributed by atoms with Gasteiger partial charge in [-0.15, -0.1) is 0 Å². The quantitative estimate of drug-likeness (QED) is 0.262. The van der Waals surface area contributed by atoms with Gasteiger partial charge in [0.25, 0.3) is 0 Å². The SMILES string of the molecule is COc1ccc(-c2c/c(=N\c3nc(-c4ccc(C)c(C)c4)c(C)s3)c3ccccc3o2)cc1OC. The lowest BCUT2D eigenvalue weighted by Gasteiger charge is -2.10. The Kier molecular flexibility index (Phi) is 6.14. The number of fused-ring (bicyclic) bond motifs is 1. The maximum Gasteiger partial charge on any atom is 0.210 e. The largest absolute Gasteiger partial charge is 0.493 e. The van der Waals surface area contributed by atoms with Gasteiger partial charge in [0.1, 0.15) is 11.3 Å². The van der Waals surface area contributed by atoms with Crippen LogP contribution in [0.15, 0.2) is 76.1 Å². The van der Waals surface area contributed by atoms with Gasteiger partial charge in [-0.1, -0.05) is 35.6 Å². The number of hydrogen-bond donors (Lipinski definition) is 0. The number of aromatic nitrogens is 1. The van der Waals surface area contributed by atoms with Gasteiger partial charge in [-0.3, -0.25) is 0 Å². The van der Waals surface area contributed by atoms with Crippen LogP contribution in [0.25, 0.3) is 33.6 Å². The van der Waals surface area contributed by atoms with E-state index >= 15 is 0 Å². The fourth-order valence-electron chi connectivity index (χ4n) is 4.03. The van der Waals surface area contributed by atoms with Crippen LogP contribution in [0.5, 0.6) is 11.5 Å². The monoisotopic (exact) mass is 482 g/mol. The van der Waals surface area contributed by atoms with Crippen molar-refractivity contribution in [2.45, 2.75) is 20.8 Å². The van der Waals surface area contributed by atoms with E-state index in [0.717, 1.165) is 38.0 Å². The van der Waals surface area contributed by atoms with Crippen LogP contribution in [0.4, 0.5) is 5.13 Å². The van der Waals surface area contributed by atoms with E-state index in [1.165, 1.54) is 11.1 Å². The first kappa shape index (κ1) is 22.9. The van der Waals surface area contributed by atoms with Gasteiger partial charge in [-0.25, -0.2) is 9.98 Å². The van der Waals surface area contributed by atoms with E-state index in [-0.39, 0.29) is 0 Å². The lowest BCUT2D eigenvalue weighted by Crippen LogP contribution is -2.03. The standard InChI is InChI=1S/C29H26N2O3S/c1-17-10-11-21(14-18(17)2)28-19(3)35-29(31-28)30-23-16-26(34-24-9-7-6-8-22(23)24)20-12-13-25(32-4)27(15-20)33-5/h6-16H,1-5H3/b30-23+. The molecule has 3 aromatic carbocycles. The van der Waals surface area contributed by atoms with E-state index in [2.05, 4.69) is 39.0 Å². The van der Waals surface area contributed by atoms with E-state index in [1.807, 2.05) is 48.5 Å². The number of hydrogen-bond acceptors (Lipinski definition) is 6. The van der Waals surface area contributed by atoms with Gasteiger partial charge >= 0.3 is 0 Å². The Labute approximate surface area is 208 Å². The molecular formula is C29H26N2O3S. The molecule has 2 heterocycles. The zero-order chi connectivity index (χ0) is 24.5. The molecule has 176 valence electrons. The zero-order valence-corrected chi connectivity index (χ0v) is 21.2. The number of para-hydroxylation sites is 1. The number of thiazole rings is 1. The molecule has 0 aliphatic rings. The molecule has 0 atom stereocenters. The van der Waals surface area contributed by atoms with Crippen molar-refractivity contribution >= 4 is 27.4 Å². The number of aryl methyl sites for hydroxylation is 3. The Morgan fingerprint density at radius 2 is 1.57 bits per heavy atom. The lowest BCUT2D eigenvalue weighted by atomic mass is 10.0. The molecule has 5 aromatic rings. The fourth-order valence-corrected chi connectivity index (χ4v) is 4.85. The van der Waals surface area contributed by atoms with E-state index < -0.39 is 0 Å². The molecule has 6 heteroatoms. The van der Waals surface area contributed by atoms with Crippen molar-refractivity contribution in [3.05, 3.63) is 88.1 Å². The van der Waals surface area contributed by atoms with Crippen molar-refractivity contribution in [1.82, 2.24) is 4.98 Å². The van der Waals surface area contributed by atoms with Crippen molar-refractivity contribution in [3.63, 3.8) is 0 Å². The Morgan fingerprint density at radius 3 is 2.34 bits per heavy atom. The zero-order valence-electron chi connectivity index (χ0n) is 20.4. The molecule has 0 amide bonds. The Hall–Kier alpha value is -3.90. The first-order valence-corrected chi connectivity index (χ1v) is 12.1. The molecular weight excluding hydrogens is 456 g/mol. The molecule has 0 N–H and O–H groups in total. The highest BCUT2D eigenvalue weighted by Gasteiger charge is 2.13. The normalized spacial score (nSPS) is 11.7. The molecule has 0 bridgehead atoms. The van der Waals surface area contributed by atoms with Crippen LogP contribution in [0.1, 0.15) is 16.0 Å². The topological polar surface area (TPSA) is 56.9 Å². The molecule has 0 spiro atoms. The molecule has 35 heavy (non-hydrogen) atoms. The Bertz CT molecular complexity index is 1610. The van der Waals surface area contributed by atoms with E-state index in [0.29, 0.717) is 22.4 Å². The second-order valence-electron chi connectivity index (χ2n) is 8.37. The third-order valence-corrected chi connectivity index (χ3v) is 6.97. The van der Waals surface area contributed by atoms with Crippen molar-refractivity contribution in [1.29, 1.82) is 0 Å². The lowest BCUT2D eigenvalue weighted by molar-refractivity contribution is 0.355. The molecule has 0 aliphatic carbocycles. The van der Waals surface area contributed by atoms with Crippen LogP contribution in [0.3, 0.4) is 0 Å². The maximum atomic E-state index is 6.25. The van der Waals surface area contributed by atoms with Gasteiger partial charge in [0.05, 0.1) is 25.3 Å². The van der Waals surface area contributed by atoms with Crippen molar-refractivity contribution in [3.8, 4) is 34.1 Å². The highest BCUT2D eigenvalue weighted by atomic mass is 32.1. The van der Waals surface area contributed by atoms with Crippen LogP contribution in [0.2, 0.25) is 0 Å². The molecule has 5 nitrogen and oxygen atoms in total. The highest BCUT2D eigenvalue weighted by Crippen LogP contribution is 2.34. The summed E-state index contributed by atoms with van der Waals surface area (Å²) in [5, 5.41) is 2.44. The van der Waals surface area contributed by atoms with Gasteiger partial charge in [0.2, 0.25) is 5.13 Å². The van der Waals surface area contributed by atoms with Crippen LogP contribution >= 0.6 is 11.3 Å². The summed E-state index contributed by atoms with van der Waals surface area (Å²) in [5.41, 5.74) is 6.23. The van der Waals surface area contributed by atoms with E-state index in [4.69, 9.17) is 23.9 Å². The number of rotatable bonds is 5. The third kappa shape index (κ3) is 4.45. The smallest absolute Gasteiger partial charge is 0.210 e. The van der Waals surface area contributed by atoms with Gasteiger partial charge < -0.3 is 13.9 Å². The number of nitrogens with zero attached hydrogens (tertiary/aromatic N) is 2. The summed E-state index contributed by atoms with van der Waals surface area (Å²) < 4.78 is 17.1. The van der Waals surface area contributed by atoms with Crippen molar-refractivity contribution < 1.29 is 13.9 Å². The van der Waals surface area contributed by atoms with E-state index in [1.54, 1.807) is 25.6 Å². The molecule has 0 radical (unpaired) electrons. The molecule has 0 aliphatic heterocycles. The molecule has 0 saturated carbocycles. The first-order chi connectivity index (χ1) is 17.0. The fraction of sp³-hybridized carbons (Fsp3) is 0.172. The average molecular weight is 483 g/mol. The molecule has 2 aromatic heterocycles. The second-order valence-corrected chi connectivity index (χ2v) is 9.56. The summed E-state index contributed by atoms with van der Waals surface area (Å²) in [4.78, 5) is 11.0. The summed E-state index contributed by atoms with van der Waals surface area (Å²) >= 11 is 1.59. The minimum Gasteiger partial charge on any atom is -0.493 e. The molecule has 0 saturated heterocycles. The average Bonchev–Trinajstić information content (AvgIpc) is 3.24. The Morgan fingerprint density at radius 1 is 0.800 bits per heavy atom. The third-order valence-electron chi connectivity index (χ3n) is 6.10. The van der Waals surface area contributed by atoms with Gasteiger partial charge in [0, 0.05) is 27.5 Å². The summed E-state index contributed by atoms with van der Waals surface area (Å²) in [7, 11) is 3.24. The van der Waals surface area contributed by atoms with Gasteiger partial charge in [0.15, 0.2) is 11.5 Å². The highest BCUT2D eigenvalue weighted by molar-refractivity contribution is 7.15. The van der Waals surface area contributed by atoms with E-state index in [9.17, 15) is 0 Å². The minimum absolute atomic E-state index is 0.639. The van der Waals surface area contributed by atoms with Crippen LogP contribution in [0, 0.1) is 20.8 Å². The first-order valence-electron chi connectivity index (χ1n) is 11.3. The van der Waals surface area contributed by atoms with Crippen molar-refractivity contribution in [2.75, 3.05) is 14.2 Å². The summed E-state index contributed by atoms with van der Waals surface area (Å²) in [5.74, 6) is 1.99. The van der Waals surface area contributed by atoms with Crippen LogP contribution in [-0.2, 0) is 0 Å². The maximum absolute atomic E-state index is 6.25. The number of benzene rings is 3.